The van der Waals surface area contributed by atoms with Crippen LogP contribution in [0.4, 0.5) is 0 Å². The Balaban J connectivity index is 3.34. The lowest BCUT2D eigenvalue weighted by atomic mass is 9.98. The average Bonchev–Trinajstić information content (AvgIpc) is 2.27. The van der Waals surface area contributed by atoms with Gasteiger partial charge in [-0.25, -0.2) is 0 Å². The number of benzene rings is 1. The van der Waals surface area contributed by atoms with Crippen LogP contribution in [0.3, 0.4) is 0 Å². The van der Waals surface area contributed by atoms with E-state index >= 15 is 0 Å². The van der Waals surface area contributed by atoms with Crippen LogP contribution >= 0.6 is 0 Å². The summed E-state index contributed by atoms with van der Waals surface area (Å²) >= 11 is 0. The van der Waals surface area contributed by atoms with E-state index in [0.29, 0.717) is 0 Å². The van der Waals surface area contributed by atoms with E-state index in [2.05, 4.69) is 19.6 Å². The number of aryl methyl sites for hydroxylation is 1. The SMILES string of the molecule is C=C[C@H](C)c1ccc(C)c(OC)c1OC. The Bertz CT molecular complexity index is 356. The molecule has 2 heteroatoms. The lowest BCUT2D eigenvalue weighted by Gasteiger charge is -2.17. The minimum Gasteiger partial charge on any atom is -0.493 e. The zero-order valence-electron chi connectivity index (χ0n) is 9.83. The van der Waals surface area contributed by atoms with Gasteiger partial charge >= 0.3 is 0 Å². The standard InChI is InChI=1S/C13H18O2/c1-6-9(2)11-8-7-10(3)12(14-4)13(11)15-5/h6-9H,1H2,2-5H3/t9-/m0/s1. The maximum absolute atomic E-state index is 5.40. The normalized spacial score (nSPS) is 12.0. The molecule has 1 aromatic rings. The monoisotopic (exact) mass is 206 g/mol. The van der Waals surface area contributed by atoms with Crippen molar-refractivity contribution in [2.24, 2.45) is 0 Å². The molecule has 1 aromatic carbocycles. The molecule has 0 fully saturated rings. The number of allylic oxidation sites excluding steroid dienone is 1. The van der Waals surface area contributed by atoms with E-state index in [-0.39, 0.29) is 5.92 Å². The maximum atomic E-state index is 5.40. The first-order valence-corrected chi connectivity index (χ1v) is 4.99. The Kier molecular flexibility index (Phi) is 3.78. The first-order valence-electron chi connectivity index (χ1n) is 4.99. The minimum absolute atomic E-state index is 0.259. The number of methoxy groups -OCH3 is 2. The molecule has 0 saturated carbocycles. The van der Waals surface area contributed by atoms with Crippen LogP contribution < -0.4 is 9.47 Å². The van der Waals surface area contributed by atoms with Crippen LogP contribution in [0.2, 0.25) is 0 Å². The summed E-state index contributed by atoms with van der Waals surface area (Å²) in [7, 11) is 3.32. The second-order valence-corrected chi connectivity index (χ2v) is 3.56. The minimum atomic E-state index is 0.259. The van der Waals surface area contributed by atoms with Gasteiger partial charge in [-0.1, -0.05) is 25.1 Å². The summed E-state index contributed by atoms with van der Waals surface area (Å²) in [4.78, 5) is 0. The third-order valence-corrected chi connectivity index (χ3v) is 2.59. The van der Waals surface area contributed by atoms with Gasteiger partial charge in [0, 0.05) is 11.5 Å². The van der Waals surface area contributed by atoms with Crippen molar-refractivity contribution in [1.82, 2.24) is 0 Å². The lowest BCUT2D eigenvalue weighted by Crippen LogP contribution is -1.99. The van der Waals surface area contributed by atoms with Gasteiger partial charge in [0.05, 0.1) is 14.2 Å². The number of rotatable bonds is 4. The van der Waals surface area contributed by atoms with E-state index in [4.69, 9.17) is 9.47 Å². The molecule has 0 aliphatic carbocycles. The van der Waals surface area contributed by atoms with Gasteiger partial charge in [0.2, 0.25) is 0 Å². The van der Waals surface area contributed by atoms with Gasteiger partial charge in [-0.3, -0.25) is 0 Å². The van der Waals surface area contributed by atoms with E-state index in [1.807, 2.05) is 19.1 Å². The molecule has 0 aliphatic heterocycles. The molecule has 82 valence electrons. The molecule has 0 radical (unpaired) electrons. The molecule has 0 unspecified atom stereocenters. The fourth-order valence-corrected chi connectivity index (χ4v) is 1.63. The van der Waals surface area contributed by atoms with Crippen LogP contribution in [-0.2, 0) is 0 Å². The first kappa shape index (κ1) is 11.6. The van der Waals surface area contributed by atoms with Gasteiger partial charge in [-0.2, -0.15) is 0 Å². The molecule has 0 aliphatic rings. The Morgan fingerprint density at radius 3 is 2.27 bits per heavy atom. The highest BCUT2D eigenvalue weighted by Crippen LogP contribution is 2.38. The molecule has 0 bridgehead atoms. The molecular formula is C13H18O2. The van der Waals surface area contributed by atoms with E-state index in [1.54, 1.807) is 14.2 Å². The van der Waals surface area contributed by atoms with Crippen molar-refractivity contribution in [3.05, 3.63) is 35.9 Å². The molecule has 1 atom stereocenters. The lowest BCUT2D eigenvalue weighted by molar-refractivity contribution is 0.349. The van der Waals surface area contributed by atoms with Gasteiger partial charge in [-0.05, 0) is 12.5 Å². The summed E-state index contributed by atoms with van der Waals surface area (Å²) < 4.78 is 10.7. The van der Waals surface area contributed by atoms with Crippen LogP contribution in [0.15, 0.2) is 24.8 Å². The second-order valence-electron chi connectivity index (χ2n) is 3.56. The molecule has 0 saturated heterocycles. The Morgan fingerprint density at radius 1 is 1.20 bits per heavy atom. The highest BCUT2D eigenvalue weighted by atomic mass is 16.5. The zero-order valence-corrected chi connectivity index (χ0v) is 9.83. The fraction of sp³-hybridized carbons (Fsp3) is 0.385. The Labute approximate surface area is 91.5 Å². The van der Waals surface area contributed by atoms with Crippen LogP contribution in [0.25, 0.3) is 0 Å². The topological polar surface area (TPSA) is 18.5 Å². The summed E-state index contributed by atoms with van der Waals surface area (Å²) in [5.41, 5.74) is 2.18. The number of hydrogen-bond acceptors (Lipinski definition) is 2. The third-order valence-electron chi connectivity index (χ3n) is 2.59. The summed E-state index contributed by atoms with van der Waals surface area (Å²) in [6.07, 6.45) is 1.90. The van der Waals surface area contributed by atoms with Gasteiger partial charge < -0.3 is 9.47 Å². The van der Waals surface area contributed by atoms with Crippen molar-refractivity contribution in [3.63, 3.8) is 0 Å². The first-order chi connectivity index (χ1) is 7.15. The number of hydrogen-bond donors (Lipinski definition) is 0. The van der Waals surface area contributed by atoms with Crippen LogP contribution in [0, 0.1) is 6.92 Å². The highest BCUT2D eigenvalue weighted by Gasteiger charge is 2.15. The number of ether oxygens (including phenoxy) is 2. The van der Waals surface area contributed by atoms with Crippen molar-refractivity contribution in [2.75, 3.05) is 14.2 Å². The van der Waals surface area contributed by atoms with Crippen molar-refractivity contribution >= 4 is 0 Å². The zero-order chi connectivity index (χ0) is 11.4. The summed E-state index contributed by atoms with van der Waals surface area (Å²) in [6.45, 7) is 7.88. The second kappa shape index (κ2) is 4.87. The predicted octanol–water partition coefficient (Wildman–Crippen LogP) is 3.30. The Morgan fingerprint density at radius 2 is 1.80 bits per heavy atom. The highest BCUT2D eigenvalue weighted by molar-refractivity contribution is 5.53. The molecule has 0 amide bonds. The van der Waals surface area contributed by atoms with Gasteiger partial charge in [0.15, 0.2) is 11.5 Å². The maximum Gasteiger partial charge on any atom is 0.164 e. The molecule has 15 heavy (non-hydrogen) atoms. The molecule has 0 N–H and O–H groups in total. The van der Waals surface area contributed by atoms with Crippen LogP contribution in [0.5, 0.6) is 11.5 Å². The van der Waals surface area contributed by atoms with Gasteiger partial charge in [0.25, 0.3) is 0 Å². The summed E-state index contributed by atoms with van der Waals surface area (Å²) in [6, 6.07) is 4.10. The van der Waals surface area contributed by atoms with Crippen molar-refractivity contribution in [1.29, 1.82) is 0 Å². The quantitative estimate of drug-likeness (QED) is 0.704. The van der Waals surface area contributed by atoms with E-state index in [1.165, 1.54) is 0 Å². The molecule has 0 aromatic heterocycles. The van der Waals surface area contributed by atoms with Crippen molar-refractivity contribution in [2.45, 2.75) is 19.8 Å². The van der Waals surface area contributed by atoms with Gasteiger partial charge in [-0.15, -0.1) is 6.58 Å². The van der Waals surface area contributed by atoms with Crippen LogP contribution in [-0.4, -0.2) is 14.2 Å². The summed E-state index contributed by atoms with van der Waals surface area (Å²) in [5.74, 6) is 1.88. The molecule has 2 nitrogen and oxygen atoms in total. The molecule has 1 rings (SSSR count). The largest absolute Gasteiger partial charge is 0.493 e. The van der Waals surface area contributed by atoms with E-state index in [0.717, 1.165) is 22.6 Å². The smallest absolute Gasteiger partial charge is 0.164 e. The predicted molar refractivity (Wildman–Crippen MR) is 62.9 cm³/mol. The molecule has 0 spiro atoms. The third kappa shape index (κ3) is 2.14. The average molecular weight is 206 g/mol. The van der Waals surface area contributed by atoms with E-state index in [9.17, 15) is 0 Å². The molecule has 0 heterocycles. The fourth-order valence-electron chi connectivity index (χ4n) is 1.63. The van der Waals surface area contributed by atoms with Crippen LogP contribution in [0.1, 0.15) is 24.0 Å². The van der Waals surface area contributed by atoms with Crippen molar-refractivity contribution < 1.29 is 9.47 Å². The molecular weight excluding hydrogens is 188 g/mol. The Hall–Kier alpha value is -1.44. The van der Waals surface area contributed by atoms with E-state index < -0.39 is 0 Å². The van der Waals surface area contributed by atoms with Gasteiger partial charge in [0.1, 0.15) is 0 Å². The van der Waals surface area contributed by atoms with Crippen molar-refractivity contribution in [3.8, 4) is 11.5 Å². The summed E-state index contributed by atoms with van der Waals surface area (Å²) in [5, 5.41) is 0.